The maximum Gasteiger partial charge on any atom is 0.0430 e. The summed E-state index contributed by atoms with van der Waals surface area (Å²) in [7, 11) is 0. The number of halogens is 1. The van der Waals surface area contributed by atoms with E-state index in [1.165, 1.54) is 0 Å². The number of aliphatic imine (C=N–C) groups is 1. The van der Waals surface area contributed by atoms with Gasteiger partial charge in [0, 0.05) is 19.2 Å². The highest BCUT2D eigenvalue weighted by atomic mass is 35.5. The molecule has 11 heavy (non-hydrogen) atoms. The highest BCUT2D eigenvalue weighted by Crippen LogP contribution is 2.17. The molecule has 1 nitrogen and oxygen atoms in total. The lowest BCUT2D eigenvalue weighted by Gasteiger charge is -2.08. The van der Waals surface area contributed by atoms with E-state index in [9.17, 15) is 0 Å². The van der Waals surface area contributed by atoms with Gasteiger partial charge in [-0.3, -0.25) is 4.99 Å². The van der Waals surface area contributed by atoms with Gasteiger partial charge < -0.3 is 0 Å². The topological polar surface area (TPSA) is 12.4 Å². The van der Waals surface area contributed by atoms with Crippen molar-refractivity contribution >= 4 is 17.8 Å². The molecule has 1 aliphatic heterocycles. The van der Waals surface area contributed by atoms with Gasteiger partial charge in [-0.2, -0.15) is 0 Å². The van der Waals surface area contributed by atoms with Gasteiger partial charge in [0.05, 0.1) is 0 Å². The molecule has 0 fully saturated rings. The summed E-state index contributed by atoms with van der Waals surface area (Å²) >= 11 is 5.81. The van der Waals surface area contributed by atoms with Crippen molar-refractivity contribution in [1.29, 1.82) is 0 Å². The van der Waals surface area contributed by atoms with Gasteiger partial charge in [-0.25, -0.2) is 0 Å². The van der Waals surface area contributed by atoms with Crippen LogP contribution in [0.2, 0.25) is 5.02 Å². The van der Waals surface area contributed by atoms with Crippen LogP contribution in [-0.4, -0.2) is 12.8 Å². The van der Waals surface area contributed by atoms with Crippen molar-refractivity contribution in [1.82, 2.24) is 0 Å². The third kappa shape index (κ3) is 1.29. The van der Waals surface area contributed by atoms with Crippen LogP contribution < -0.4 is 0 Å². The van der Waals surface area contributed by atoms with Crippen molar-refractivity contribution in [3.63, 3.8) is 0 Å². The fraction of sp³-hybridized carbons (Fsp3) is 0.222. The number of rotatable bonds is 0. The predicted molar refractivity (Wildman–Crippen MR) is 47.6 cm³/mol. The zero-order valence-corrected chi connectivity index (χ0v) is 6.67. The monoisotopic (exact) mass is 166 g/mol. The van der Waals surface area contributed by atoms with Crippen LogP contribution in [-0.2, 0) is 6.40 Å². The second-order valence-electron chi connectivity index (χ2n) is 2.47. The van der Waals surface area contributed by atoms with E-state index in [1.54, 1.807) is 6.21 Å². The van der Waals surface area contributed by atoms with E-state index < -0.39 is 0 Å². The summed E-state index contributed by atoms with van der Waals surface area (Å²) in [5.74, 6) is 0. The third-order valence-electron chi connectivity index (χ3n) is 1.70. The lowest BCUT2D eigenvalue weighted by molar-refractivity contribution is 0.952. The third-order valence-corrected chi connectivity index (χ3v) is 1.93. The molecular formula is C9H8ClN. The summed E-state index contributed by atoms with van der Waals surface area (Å²) in [6.07, 6.45) is 1.56. The van der Waals surface area contributed by atoms with E-state index >= 15 is 0 Å². The van der Waals surface area contributed by atoms with Gasteiger partial charge in [0.15, 0.2) is 0 Å². The minimum absolute atomic E-state index is 0.247. The molecule has 56 valence electrons. The van der Waals surface area contributed by atoms with E-state index in [1.807, 2.05) is 18.2 Å². The van der Waals surface area contributed by atoms with E-state index in [4.69, 9.17) is 13.0 Å². The average Bonchev–Trinajstić information content (AvgIpc) is 2.07. The van der Waals surface area contributed by atoms with Gasteiger partial charge in [0.1, 0.15) is 0 Å². The SMILES string of the molecule is [2H]C1CN=Cc2ccc(Cl)cc21. The Labute approximate surface area is 72.1 Å². The zero-order chi connectivity index (χ0) is 8.55. The first kappa shape index (κ1) is 5.78. The Balaban J connectivity index is 2.56. The number of hydrogen-bond donors (Lipinski definition) is 0. The quantitative estimate of drug-likeness (QED) is 0.561. The minimum Gasteiger partial charge on any atom is -0.292 e. The fourth-order valence-corrected chi connectivity index (χ4v) is 1.32. The van der Waals surface area contributed by atoms with E-state index in [0.717, 1.165) is 11.1 Å². The first-order valence-corrected chi connectivity index (χ1v) is 3.87. The van der Waals surface area contributed by atoms with E-state index in [0.29, 0.717) is 11.6 Å². The Morgan fingerprint density at radius 2 is 2.45 bits per heavy atom. The summed E-state index contributed by atoms with van der Waals surface area (Å²) < 4.78 is 7.68. The average molecular weight is 167 g/mol. The van der Waals surface area contributed by atoms with E-state index in [2.05, 4.69) is 4.99 Å². The smallest absolute Gasteiger partial charge is 0.0430 e. The van der Waals surface area contributed by atoms with Gasteiger partial charge in [-0.1, -0.05) is 17.7 Å². The summed E-state index contributed by atoms with van der Waals surface area (Å²) in [5.41, 5.74) is 2.00. The van der Waals surface area contributed by atoms with Crippen LogP contribution in [0.4, 0.5) is 0 Å². The van der Waals surface area contributed by atoms with Crippen molar-refractivity contribution in [2.24, 2.45) is 4.99 Å². The second-order valence-corrected chi connectivity index (χ2v) is 2.91. The van der Waals surface area contributed by atoms with Crippen LogP contribution in [0.25, 0.3) is 0 Å². The Bertz CT molecular complexity index is 335. The standard InChI is InChI=1S/C9H8ClN/c10-9-2-1-8-6-11-4-3-7(8)5-9/h1-2,5-6H,3-4H2/i3D. The highest BCUT2D eigenvalue weighted by Gasteiger charge is 2.04. The minimum atomic E-state index is -0.247. The molecule has 2 rings (SSSR count). The van der Waals surface area contributed by atoms with Crippen LogP contribution in [0.1, 0.15) is 12.5 Å². The summed E-state index contributed by atoms with van der Waals surface area (Å²) in [4.78, 5) is 4.07. The molecule has 0 amide bonds. The molecule has 0 bridgehead atoms. The Morgan fingerprint density at radius 1 is 1.55 bits per heavy atom. The molecule has 0 N–H and O–H groups in total. The maximum absolute atomic E-state index is 7.68. The molecule has 1 heterocycles. The Morgan fingerprint density at radius 3 is 3.36 bits per heavy atom. The molecule has 0 aliphatic carbocycles. The van der Waals surface area contributed by atoms with Crippen molar-refractivity contribution in [2.75, 3.05) is 6.54 Å². The number of benzene rings is 1. The van der Waals surface area contributed by atoms with Crippen LogP contribution in [0, 0.1) is 0 Å². The zero-order valence-electron chi connectivity index (χ0n) is 6.92. The molecule has 1 aliphatic rings. The van der Waals surface area contributed by atoms with Gasteiger partial charge >= 0.3 is 0 Å². The molecule has 1 aromatic carbocycles. The van der Waals surface area contributed by atoms with Gasteiger partial charge in [0.2, 0.25) is 0 Å². The van der Waals surface area contributed by atoms with Crippen LogP contribution in [0.5, 0.6) is 0 Å². The number of fused-ring (bicyclic) bond motifs is 1. The molecule has 1 atom stereocenters. The Hall–Kier alpha value is -0.820. The van der Waals surface area contributed by atoms with Crippen molar-refractivity contribution in [3.8, 4) is 0 Å². The molecule has 0 spiro atoms. The summed E-state index contributed by atoms with van der Waals surface area (Å²) in [5, 5.41) is 0.696. The lowest BCUT2D eigenvalue weighted by Crippen LogP contribution is -2.01. The second kappa shape index (κ2) is 2.67. The number of nitrogens with zero attached hydrogens (tertiary/aromatic N) is 1. The van der Waals surface area contributed by atoms with Crippen molar-refractivity contribution in [3.05, 3.63) is 34.3 Å². The lowest BCUT2D eigenvalue weighted by atomic mass is 10.0. The van der Waals surface area contributed by atoms with Crippen LogP contribution in [0.15, 0.2) is 23.2 Å². The fourth-order valence-electron chi connectivity index (χ4n) is 1.14. The van der Waals surface area contributed by atoms with Crippen LogP contribution >= 0.6 is 11.6 Å². The maximum atomic E-state index is 7.68. The molecule has 1 unspecified atom stereocenters. The first-order chi connectivity index (χ1) is 5.77. The molecular weight excluding hydrogens is 158 g/mol. The molecule has 0 saturated carbocycles. The molecule has 0 aromatic heterocycles. The van der Waals surface area contributed by atoms with Crippen molar-refractivity contribution < 1.29 is 1.37 Å². The van der Waals surface area contributed by atoms with E-state index in [-0.39, 0.29) is 6.40 Å². The summed E-state index contributed by atoms with van der Waals surface area (Å²) in [6.45, 7) is 0.549. The number of hydrogen-bond acceptors (Lipinski definition) is 1. The van der Waals surface area contributed by atoms with Gasteiger partial charge in [0.25, 0.3) is 0 Å². The highest BCUT2D eigenvalue weighted by molar-refractivity contribution is 6.30. The molecule has 0 saturated heterocycles. The van der Waals surface area contributed by atoms with Gasteiger partial charge in [-0.05, 0) is 29.7 Å². The van der Waals surface area contributed by atoms with Gasteiger partial charge in [-0.15, -0.1) is 0 Å². The summed E-state index contributed by atoms with van der Waals surface area (Å²) in [6, 6.07) is 5.58. The Kier molecular flexibility index (Phi) is 1.40. The normalized spacial score (nSPS) is 22.6. The molecule has 2 heteroatoms. The molecule has 1 aromatic rings. The van der Waals surface area contributed by atoms with Crippen molar-refractivity contribution in [2.45, 2.75) is 6.40 Å². The largest absolute Gasteiger partial charge is 0.292 e. The van der Waals surface area contributed by atoms with Crippen LogP contribution in [0.3, 0.4) is 0 Å². The predicted octanol–water partition coefficient (Wildman–Crippen LogP) is 2.32. The first-order valence-electron chi connectivity index (χ1n) is 4.06. The molecule has 0 radical (unpaired) electrons.